The van der Waals surface area contributed by atoms with Crippen LogP contribution in [0.3, 0.4) is 0 Å². The van der Waals surface area contributed by atoms with Crippen molar-refractivity contribution in [1.82, 2.24) is 10.2 Å². The standard InChI is InChI=1S/C11H20N2O3S/c1-13(6-2-3-10(14)15)11(16)12-9-4-7-17-8-5-9/h9H,2-8H2,1H3,(H,12,16)(H,14,15). The lowest BCUT2D eigenvalue weighted by Crippen LogP contribution is -2.44. The van der Waals surface area contributed by atoms with Gasteiger partial charge in [0.2, 0.25) is 0 Å². The summed E-state index contributed by atoms with van der Waals surface area (Å²) in [6.07, 6.45) is 2.66. The molecule has 0 radical (unpaired) electrons. The SMILES string of the molecule is CN(CCCC(=O)O)C(=O)NC1CCSCC1. The zero-order chi connectivity index (χ0) is 12.7. The third kappa shape index (κ3) is 5.81. The van der Waals surface area contributed by atoms with E-state index in [0.717, 1.165) is 24.3 Å². The highest BCUT2D eigenvalue weighted by molar-refractivity contribution is 7.99. The highest BCUT2D eigenvalue weighted by Gasteiger charge is 2.17. The first kappa shape index (κ1) is 14.2. The number of hydrogen-bond acceptors (Lipinski definition) is 3. The van der Waals surface area contributed by atoms with E-state index in [4.69, 9.17) is 5.11 Å². The number of carbonyl (C=O) groups excluding carboxylic acids is 1. The fraction of sp³-hybridized carbons (Fsp3) is 0.818. The Morgan fingerprint density at radius 1 is 1.41 bits per heavy atom. The predicted octanol–water partition coefficient (Wildman–Crippen LogP) is 1.39. The van der Waals surface area contributed by atoms with Crippen LogP contribution in [0, 0.1) is 0 Å². The Labute approximate surface area is 106 Å². The molecule has 0 spiro atoms. The van der Waals surface area contributed by atoms with Gasteiger partial charge in [0.25, 0.3) is 0 Å². The third-order valence-corrected chi connectivity index (χ3v) is 3.83. The topological polar surface area (TPSA) is 69.6 Å². The zero-order valence-corrected chi connectivity index (χ0v) is 11.0. The van der Waals surface area contributed by atoms with E-state index in [-0.39, 0.29) is 18.5 Å². The van der Waals surface area contributed by atoms with Gasteiger partial charge in [-0.05, 0) is 30.8 Å². The molecule has 0 aromatic heterocycles. The minimum atomic E-state index is -0.817. The molecule has 0 saturated carbocycles. The van der Waals surface area contributed by atoms with Crippen molar-refractivity contribution in [3.05, 3.63) is 0 Å². The maximum Gasteiger partial charge on any atom is 0.317 e. The molecule has 0 atom stereocenters. The Morgan fingerprint density at radius 3 is 2.65 bits per heavy atom. The molecular weight excluding hydrogens is 240 g/mol. The summed E-state index contributed by atoms with van der Waals surface area (Å²) in [5.74, 6) is 1.39. The highest BCUT2D eigenvalue weighted by atomic mass is 32.2. The summed E-state index contributed by atoms with van der Waals surface area (Å²) in [5.41, 5.74) is 0. The van der Waals surface area contributed by atoms with E-state index in [1.54, 1.807) is 11.9 Å². The maximum absolute atomic E-state index is 11.7. The Morgan fingerprint density at radius 2 is 2.06 bits per heavy atom. The lowest BCUT2D eigenvalue weighted by Gasteiger charge is -2.25. The minimum absolute atomic E-state index is 0.0905. The van der Waals surface area contributed by atoms with E-state index in [1.807, 2.05) is 11.8 Å². The zero-order valence-electron chi connectivity index (χ0n) is 10.1. The van der Waals surface area contributed by atoms with Crippen LogP contribution in [0.2, 0.25) is 0 Å². The first-order valence-corrected chi connectivity index (χ1v) is 7.06. The smallest absolute Gasteiger partial charge is 0.317 e. The first-order chi connectivity index (χ1) is 8.09. The van der Waals surface area contributed by atoms with Crippen molar-refractivity contribution in [2.75, 3.05) is 25.1 Å². The molecule has 0 unspecified atom stereocenters. The van der Waals surface area contributed by atoms with E-state index >= 15 is 0 Å². The fourth-order valence-electron chi connectivity index (χ4n) is 1.70. The second-order valence-electron chi connectivity index (χ2n) is 4.25. The van der Waals surface area contributed by atoms with Crippen molar-refractivity contribution in [1.29, 1.82) is 0 Å². The van der Waals surface area contributed by atoms with Gasteiger partial charge in [0.1, 0.15) is 0 Å². The molecule has 2 amide bonds. The lowest BCUT2D eigenvalue weighted by molar-refractivity contribution is -0.137. The largest absolute Gasteiger partial charge is 0.481 e. The van der Waals surface area contributed by atoms with Crippen LogP contribution in [0.5, 0.6) is 0 Å². The quantitative estimate of drug-likeness (QED) is 0.783. The van der Waals surface area contributed by atoms with Crippen LogP contribution >= 0.6 is 11.8 Å². The average molecular weight is 260 g/mol. The molecule has 0 bridgehead atoms. The minimum Gasteiger partial charge on any atom is -0.481 e. The molecule has 0 aliphatic carbocycles. The van der Waals surface area contributed by atoms with E-state index in [0.29, 0.717) is 13.0 Å². The average Bonchev–Trinajstić information content (AvgIpc) is 2.29. The van der Waals surface area contributed by atoms with Gasteiger partial charge < -0.3 is 15.3 Å². The highest BCUT2D eigenvalue weighted by Crippen LogP contribution is 2.16. The Balaban J connectivity index is 2.18. The summed E-state index contributed by atoms with van der Waals surface area (Å²) in [7, 11) is 1.70. The second-order valence-corrected chi connectivity index (χ2v) is 5.48. The molecule has 17 heavy (non-hydrogen) atoms. The number of urea groups is 1. The number of carboxylic acids is 1. The van der Waals surface area contributed by atoms with Crippen molar-refractivity contribution >= 4 is 23.8 Å². The van der Waals surface area contributed by atoms with Crippen molar-refractivity contribution in [2.45, 2.75) is 31.7 Å². The summed E-state index contributed by atoms with van der Waals surface area (Å²) in [6, 6.07) is 0.193. The van der Waals surface area contributed by atoms with Crippen LogP contribution in [0.1, 0.15) is 25.7 Å². The van der Waals surface area contributed by atoms with Gasteiger partial charge in [-0.1, -0.05) is 0 Å². The van der Waals surface area contributed by atoms with Gasteiger partial charge >= 0.3 is 12.0 Å². The maximum atomic E-state index is 11.7. The number of hydrogen-bond donors (Lipinski definition) is 2. The summed E-state index contributed by atoms with van der Waals surface area (Å²) >= 11 is 1.92. The van der Waals surface area contributed by atoms with Crippen molar-refractivity contribution in [3.8, 4) is 0 Å². The Bertz CT molecular complexity index is 267. The van der Waals surface area contributed by atoms with Crippen LogP contribution in [0.25, 0.3) is 0 Å². The van der Waals surface area contributed by atoms with Crippen LogP contribution in [0.4, 0.5) is 4.79 Å². The molecule has 0 aromatic carbocycles. The number of carbonyl (C=O) groups is 2. The Kier molecular flexibility index (Phi) is 6.18. The molecule has 6 heteroatoms. The van der Waals surface area contributed by atoms with Gasteiger partial charge in [-0.15, -0.1) is 0 Å². The summed E-state index contributed by atoms with van der Waals surface area (Å²) < 4.78 is 0. The van der Waals surface area contributed by atoms with Crippen LogP contribution in [0.15, 0.2) is 0 Å². The molecule has 1 heterocycles. The molecule has 1 aliphatic rings. The van der Waals surface area contributed by atoms with Crippen LogP contribution < -0.4 is 5.32 Å². The summed E-state index contributed by atoms with van der Waals surface area (Å²) in [4.78, 5) is 23.7. The fourth-order valence-corrected chi connectivity index (χ4v) is 2.80. The molecule has 5 nitrogen and oxygen atoms in total. The van der Waals surface area contributed by atoms with Crippen LogP contribution in [-0.2, 0) is 4.79 Å². The molecule has 1 fully saturated rings. The number of aliphatic carboxylic acids is 1. The van der Waals surface area contributed by atoms with Crippen molar-refractivity contribution < 1.29 is 14.7 Å². The number of carboxylic acid groups (broad SMARTS) is 1. The van der Waals surface area contributed by atoms with Crippen molar-refractivity contribution in [3.63, 3.8) is 0 Å². The molecule has 1 saturated heterocycles. The van der Waals surface area contributed by atoms with E-state index in [2.05, 4.69) is 5.32 Å². The molecular formula is C11H20N2O3S. The number of nitrogens with zero attached hydrogens (tertiary/aromatic N) is 1. The number of amides is 2. The molecule has 1 aliphatic heterocycles. The third-order valence-electron chi connectivity index (χ3n) is 2.78. The first-order valence-electron chi connectivity index (χ1n) is 5.90. The van der Waals surface area contributed by atoms with Crippen LogP contribution in [-0.4, -0.2) is 53.1 Å². The van der Waals surface area contributed by atoms with Gasteiger partial charge in [0, 0.05) is 26.1 Å². The second kappa shape index (κ2) is 7.42. The number of thioether (sulfide) groups is 1. The Hall–Kier alpha value is -0.910. The number of nitrogens with one attached hydrogen (secondary N) is 1. The molecule has 0 aromatic rings. The monoisotopic (exact) mass is 260 g/mol. The van der Waals surface area contributed by atoms with E-state index < -0.39 is 5.97 Å². The molecule has 1 rings (SSSR count). The summed E-state index contributed by atoms with van der Waals surface area (Å²) in [6.45, 7) is 0.486. The van der Waals surface area contributed by atoms with Crippen molar-refractivity contribution in [2.24, 2.45) is 0 Å². The van der Waals surface area contributed by atoms with E-state index in [9.17, 15) is 9.59 Å². The normalized spacial score (nSPS) is 16.5. The molecule has 98 valence electrons. The van der Waals surface area contributed by atoms with Gasteiger partial charge in [-0.2, -0.15) is 11.8 Å². The van der Waals surface area contributed by atoms with E-state index in [1.165, 1.54) is 0 Å². The molecule has 2 N–H and O–H groups in total. The lowest BCUT2D eigenvalue weighted by atomic mass is 10.1. The van der Waals surface area contributed by atoms with Gasteiger partial charge in [0.15, 0.2) is 0 Å². The summed E-state index contributed by atoms with van der Waals surface area (Å²) in [5, 5.41) is 11.5. The van der Waals surface area contributed by atoms with Gasteiger partial charge in [-0.3, -0.25) is 4.79 Å². The van der Waals surface area contributed by atoms with Gasteiger partial charge in [0.05, 0.1) is 0 Å². The predicted molar refractivity (Wildman–Crippen MR) is 68.4 cm³/mol. The number of rotatable bonds is 5. The van der Waals surface area contributed by atoms with Gasteiger partial charge in [-0.25, -0.2) is 4.79 Å².